The van der Waals surface area contributed by atoms with Gasteiger partial charge in [-0.25, -0.2) is 8.42 Å². The summed E-state index contributed by atoms with van der Waals surface area (Å²) in [6, 6.07) is 3.45. The lowest BCUT2D eigenvalue weighted by molar-refractivity contribution is 0.380. The number of benzene rings is 1. The largest absolute Gasteiger partial charge is 0.506 e. The highest BCUT2D eigenvalue weighted by Gasteiger charge is 2.23. The molecule has 1 rings (SSSR count). The first-order chi connectivity index (χ1) is 8.43. The molecule has 108 valence electrons. The number of hydrogen-bond donors (Lipinski definition) is 1. The molecule has 19 heavy (non-hydrogen) atoms. The van der Waals surface area contributed by atoms with Crippen LogP contribution in [0.25, 0.3) is 0 Å². The molecule has 0 aliphatic heterocycles. The van der Waals surface area contributed by atoms with Gasteiger partial charge >= 0.3 is 0 Å². The van der Waals surface area contributed by atoms with Crippen molar-refractivity contribution < 1.29 is 13.5 Å². The second-order valence-corrected chi connectivity index (χ2v) is 8.23. The van der Waals surface area contributed by atoms with E-state index in [0.29, 0.717) is 12.1 Å². The molecule has 0 spiro atoms. The molecule has 0 amide bonds. The Kier molecular flexibility index (Phi) is 4.32. The number of sulfone groups is 1. The standard InChI is InChI=1S/C14H23NO3S/c1-14(2,3)11-7-10(9-15(4)5)13(16)12(8-11)19(6,17)18/h7-8,16H,9H2,1-6H3. The zero-order valence-corrected chi connectivity index (χ0v) is 13.3. The van der Waals surface area contributed by atoms with Crippen LogP contribution < -0.4 is 0 Å². The molecule has 0 aliphatic carbocycles. The lowest BCUT2D eigenvalue weighted by Gasteiger charge is -2.23. The van der Waals surface area contributed by atoms with E-state index in [-0.39, 0.29) is 16.1 Å². The number of hydrogen-bond acceptors (Lipinski definition) is 4. The molecule has 0 unspecified atom stereocenters. The van der Waals surface area contributed by atoms with Gasteiger partial charge in [-0.15, -0.1) is 0 Å². The first-order valence-electron chi connectivity index (χ1n) is 6.14. The van der Waals surface area contributed by atoms with Gasteiger partial charge in [0.1, 0.15) is 10.6 Å². The van der Waals surface area contributed by atoms with Crippen molar-refractivity contribution >= 4 is 9.84 Å². The van der Waals surface area contributed by atoms with E-state index in [9.17, 15) is 13.5 Å². The minimum Gasteiger partial charge on any atom is -0.506 e. The van der Waals surface area contributed by atoms with Crippen LogP contribution in [0.2, 0.25) is 0 Å². The molecule has 0 fully saturated rings. The highest BCUT2D eigenvalue weighted by molar-refractivity contribution is 7.90. The fourth-order valence-corrected chi connectivity index (χ4v) is 2.67. The topological polar surface area (TPSA) is 57.6 Å². The summed E-state index contributed by atoms with van der Waals surface area (Å²) in [4.78, 5) is 1.91. The summed E-state index contributed by atoms with van der Waals surface area (Å²) in [5.41, 5.74) is 1.37. The molecule has 1 aromatic rings. The van der Waals surface area contributed by atoms with Gasteiger partial charge in [-0.2, -0.15) is 0 Å². The van der Waals surface area contributed by atoms with Crippen molar-refractivity contribution in [1.82, 2.24) is 4.90 Å². The summed E-state index contributed by atoms with van der Waals surface area (Å²) < 4.78 is 23.6. The number of aromatic hydroxyl groups is 1. The molecule has 0 aliphatic rings. The van der Waals surface area contributed by atoms with Crippen LogP contribution in [0.3, 0.4) is 0 Å². The predicted molar refractivity (Wildman–Crippen MR) is 77.3 cm³/mol. The van der Waals surface area contributed by atoms with Crippen molar-refractivity contribution in [2.24, 2.45) is 0 Å². The average molecular weight is 285 g/mol. The van der Waals surface area contributed by atoms with Crippen molar-refractivity contribution in [3.05, 3.63) is 23.3 Å². The van der Waals surface area contributed by atoms with E-state index < -0.39 is 9.84 Å². The van der Waals surface area contributed by atoms with Crippen LogP contribution >= 0.6 is 0 Å². The summed E-state index contributed by atoms with van der Waals surface area (Å²) >= 11 is 0. The van der Waals surface area contributed by atoms with Gasteiger partial charge in [0, 0.05) is 18.4 Å². The van der Waals surface area contributed by atoms with E-state index in [2.05, 4.69) is 0 Å². The van der Waals surface area contributed by atoms with Gasteiger partial charge in [0.25, 0.3) is 0 Å². The Morgan fingerprint density at radius 3 is 2.11 bits per heavy atom. The summed E-state index contributed by atoms with van der Waals surface area (Å²) in [6.45, 7) is 6.55. The molecule has 4 nitrogen and oxygen atoms in total. The molecule has 1 aromatic carbocycles. The number of nitrogens with zero attached hydrogens (tertiary/aromatic N) is 1. The fourth-order valence-electron chi connectivity index (χ4n) is 1.84. The van der Waals surface area contributed by atoms with Crippen molar-refractivity contribution in [2.75, 3.05) is 20.4 Å². The number of phenols is 1. The first kappa shape index (κ1) is 16.0. The van der Waals surface area contributed by atoms with Crippen LogP contribution in [-0.4, -0.2) is 38.8 Å². The lowest BCUT2D eigenvalue weighted by atomic mass is 9.86. The lowest BCUT2D eigenvalue weighted by Crippen LogP contribution is -2.16. The normalized spacial score (nSPS) is 13.0. The third kappa shape index (κ3) is 3.94. The Bertz CT molecular complexity index is 569. The molecule has 1 N–H and O–H groups in total. The third-order valence-corrected chi connectivity index (χ3v) is 4.02. The highest BCUT2D eigenvalue weighted by Crippen LogP contribution is 2.34. The maximum Gasteiger partial charge on any atom is 0.179 e. The molecule has 0 heterocycles. The van der Waals surface area contributed by atoms with Crippen LogP contribution in [0.1, 0.15) is 31.9 Å². The maximum absolute atomic E-state index is 11.8. The molecule has 0 saturated heterocycles. The second kappa shape index (κ2) is 5.13. The Balaban J connectivity index is 3.57. The average Bonchev–Trinajstić information content (AvgIpc) is 2.16. The summed E-state index contributed by atoms with van der Waals surface area (Å²) in [5.74, 6) is -0.135. The Morgan fingerprint density at radius 2 is 1.74 bits per heavy atom. The van der Waals surface area contributed by atoms with Gasteiger partial charge in [-0.1, -0.05) is 26.8 Å². The molecule has 5 heteroatoms. The van der Waals surface area contributed by atoms with Gasteiger partial charge in [-0.3, -0.25) is 0 Å². The van der Waals surface area contributed by atoms with Gasteiger partial charge in [0.05, 0.1) is 0 Å². The van der Waals surface area contributed by atoms with Gasteiger partial charge in [0.2, 0.25) is 0 Å². The quantitative estimate of drug-likeness (QED) is 0.924. The van der Waals surface area contributed by atoms with Gasteiger partial charge in [0.15, 0.2) is 9.84 Å². The van der Waals surface area contributed by atoms with Crippen molar-refractivity contribution in [2.45, 2.75) is 37.6 Å². The van der Waals surface area contributed by atoms with E-state index in [0.717, 1.165) is 11.8 Å². The number of phenolic OH excluding ortho intramolecular Hbond substituents is 1. The monoisotopic (exact) mass is 285 g/mol. The van der Waals surface area contributed by atoms with E-state index in [1.165, 1.54) is 0 Å². The predicted octanol–water partition coefficient (Wildman–Crippen LogP) is 2.15. The van der Waals surface area contributed by atoms with Crippen LogP contribution in [0.4, 0.5) is 0 Å². The van der Waals surface area contributed by atoms with Gasteiger partial charge in [-0.05, 0) is 31.1 Å². The minimum absolute atomic E-state index is 0.0109. The Morgan fingerprint density at radius 1 is 1.21 bits per heavy atom. The van der Waals surface area contributed by atoms with Crippen molar-refractivity contribution in [3.8, 4) is 5.75 Å². The molecular formula is C14H23NO3S. The van der Waals surface area contributed by atoms with E-state index in [1.54, 1.807) is 6.07 Å². The van der Waals surface area contributed by atoms with Crippen molar-refractivity contribution in [1.29, 1.82) is 0 Å². The van der Waals surface area contributed by atoms with E-state index in [4.69, 9.17) is 0 Å². The van der Waals surface area contributed by atoms with E-state index in [1.807, 2.05) is 45.8 Å². The Labute approximate surface area is 116 Å². The van der Waals surface area contributed by atoms with Gasteiger partial charge < -0.3 is 10.0 Å². The van der Waals surface area contributed by atoms with E-state index >= 15 is 0 Å². The molecule has 0 radical (unpaired) electrons. The van der Waals surface area contributed by atoms with Crippen LogP contribution in [0.15, 0.2) is 17.0 Å². The van der Waals surface area contributed by atoms with Crippen molar-refractivity contribution in [3.63, 3.8) is 0 Å². The SMILES string of the molecule is CN(C)Cc1cc(C(C)(C)C)cc(S(C)(=O)=O)c1O. The molecule has 0 bridgehead atoms. The number of rotatable bonds is 3. The van der Waals surface area contributed by atoms with Crippen LogP contribution in [0, 0.1) is 0 Å². The third-order valence-electron chi connectivity index (χ3n) is 2.91. The smallest absolute Gasteiger partial charge is 0.179 e. The zero-order valence-electron chi connectivity index (χ0n) is 12.5. The second-order valence-electron chi connectivity index (χ2n) is 6.24. The highest BCUT2D eigenvalue weighted by atomic mass is 32.2. The van der Waals surface area contributed by atoms with Crippen LogP contribution in [0.5, 0.6) is 5.75 Å². The molecule has 0 atom stereocenters. The molecule has 0 aromatic heterocycles. The maximum atomic E-state index is 11.8. The van der Waals surface area contributed by atoms with Crippen LogP contribution in [-0.2, 0) is 21.8 Å². The summed E-state index contributed by atoms with van der Waals surface area (Å²) in [7, 11) is 0.314. The summed E-state index contributed by atoms with van der Waals surface area (Å²) in [6.07, 6.45) is 1.12. The summed E-state index contributed by atoms with van der Waals surface area (Å²) in [5, 5.41) is 10.2. The fraction of sp³-hybridized carbons (Fsp3) is 0.571. The minimum atomic E-state index is -3.44. The first-order valence-corrected chi connectivity index (χ1v) is 8.03. The zero-order chi connectivity index (χ0) is 15.0. The molecule has 0 saturated carbocycles. The Hall–Kier alpha value is -1.07. The molecular weight excluding hydrogens is 262 g/mol.